The summed E-state index contributed by atoms with van der Waals surface area (Å²) in [5.41, 5.74) is 3.17. The predicted octanol–water partition coefficient (Wildman–Crippen LogP) is 4.00. The van der Waals surface area contributed by atoms with Crippen molar-refractivity contribution in [3.05, 3.63) is 108 Å². The minimum Gasteiger partial charge on any atom is -0.422 e. The Balaban J connectivity index is 1.34. The number of amides is 2. The van der Waals surface area contributed by atoms with Crippen LogP contribution in [0.3, 0.4) is 0 Å². The van der Waals surface area contributed by atoms with Crippen molar-refractivity contribution < 1.29 is 24.0 Å². The topological polar surface area (TPSA) is 94.0 Å². The molecule has 3 atom stereocenters. The molecule has 2 aliphatic rings. The van der Waals surface area contributed by atoms with Gasteiger partial charge in [-0.25, -0.2) is 14.8 Å². The van der Waals surface area contributed by atoms with Gasteiger partial charge in [-0.3, -0.25) is 19.1 Å². The lowest BCUT2D eigenvalue weighted by molar-refractivity contribution is -0.126. The number of hydroxylamine groups is 1. The van der Waals surface area contributed by atoms with Crippen molar-refractivity contribution in [3.63, 3.8) is 0 Å². The molecule has 0 radical (unpaired) electrons. The Morgan fingerprint density at radius 2 is 1.61 bits per heavy atom. The van der Waals surface area contributed by atoms with Crippen LogP contribution in [0.25, 0.3) is 0 Å². The van der Waals surface area contributed by atoms with Crippen molar-refractivity contribution in [2.75, 3.05) is 9.96 Å². The molecular weight excluding hydrogens is 484 g/mol. The second-order valence-corrected chi connectivity index (χ2v) is 9.25. The SMILES string of the molecule is Cc1ccccc1N1C(=O)C2ON(c3ccccc3)C(c3ccc(OC(=O)c4ccnn4C)cc3)C2C1=O. The van der Waals surface area contributed by atoms with E-state index in [1.54, 1.807) is 54.6 Å². The molecule has 1 aromatic heterocycles. The molecule has 0 saturated carbocycles. The van der Waals surface area contributed by atoms with Crippen LogP contribution >= 0.6 is 0 Å². The van der Waals surface area contributed by atoms with Crippen molar-refractivity contribution in [2.24, 2.45) is 13.0 Å². The number of fused-ring (bicyclic) bond motifs is 1. The Kier molecular flexibility index (Phi) is 5.77. The number of hydrogen-bond donors (Lipinski definition) is 0. The van der Waals surface area contributed by atoms with Crippen LogP contribution in [0.5, 0.6) is 5.75 Å². The Labute approximate surface area is 218 Å². The first kappa shape index (κ1) is 23.6. The second-order valence-electron chi connectivity index (χ2n) is 9.25. The minimum absolute atomic E-state index is 0.315. The summed E-state index contributed by atoms with van der Waals surface area (Å²) in [6.07, 6.45) is 0.559. The molecule has 2 amide bonds. The van der Waals surface area contributed by atoms with E-state index in [0.29, 0.717) is 17.1 Å². The normalized spacial score (nSPS) is 20.6. The molecule has 9 heteroatoms. The lowest BCUT2D eigenvalue weighted by Crippen LogP contribution is -2.37. The molecule has 0 bridgehead atoms. The Bertz CT molecular complexity index is 1530. The maximum atomic E-state index is 13.8. The van der Waals surface area contributed by atoms with E-state index in [-0.39, 0.29) is 11.8 Å². The van der Waals surface area contributed by atoms with Gasteiger partial charge in [0, 0.05) is 13.2 Å². The predicted molar refractivity (Wildman–Crippen MR) is 138 cm³/mol. The van der Waals surface area contributed by atoms with E-state index in [0.717, 1.165) is 16.8 Å². The lowest BCUT2D eigenvalue weighted by atomic mass is 9.90. The molecule has 3 heterocycles. The summed E-state index contributed by atoms with van der Waals surface area (Å²) in [6, 6.07) is 24.6. The Morgan fingerprint density at radius 3 is 2.29 bits per heavy atom. The third-order valence-electron chi connectivity index (χ3n) is 6.94. The number of aryl methyl sites for hydroxylation is 2. The summed E-state index contributed by atoms with van der Waals surface area (Å²) < 4.78 is 6.95. The number of nitrogens with zero attached hydrogens (tertiary/aromatic N) is 4. The van der Waals surface area contributed by atoms with E-state index in [1.807, 2.05) is 49.4 Å². The maximum absolute atomic E-state index is 13.8. The van der Waals surface area contributed by atoms with E-state index >= 15 is 0 Å². The number of rotatable bonds is 5. The standard InChI is InChI=1S/C29H24N4O5/c1-18-8-6-7-11-22(18)32-27(34)24-25(33(38-26(24)28(32)35)20-9-4-3-5-10-20)19-12-14-21(15-13-19)37-29(36)23-16-17-30-31(23)2/h3-17,24-26H,1-2H3. The number of hydrogen-bond acceptors (Lipinski definition) is 7. The molecule has 0 aliphatic carbocycles. The first-order valence-electron chi connectivity index (χ1n) is 12.2. The zero-order chi connectivity index (χ0) is 26.4. The minimum atomic E-state index is -0.963. The van der Waals surface area contributed by atoms with Crippen molar-refractivity contribution in [3.8, 4) is 5.75 Å². The van der Waals surface area contributed by atoms with E-state index in [1.165, 1.54) is 15.8 Å². The fourth-order valence-electron chi connectivity index (χ4n) is 5.07. The van der Waals surface area contributed by atoms with Gasteiger partial charge in [-0.05, 0) is 54.4 Å². The van der Waals surface area contributed by atoms with Crippen LogP contribution in [0.4, 0.5) is 11.4 Å². The zero-order valence-electron chi connectivity index (χ0n) is 20.7. The van der Waals surface area contributed by atoms with Crippen molar-refractivity contribution >= 4 is 29.2 Å². The molecule has 38 heavy (non-hydrogen) atoms. The summed E-state index contributed by atoms with van der Waals surface area (Å²) in [7, 11) is 1.66. The third-order valence-corrected chi connectivity index (χ3v) is 6.94. The summed E-state index contributed by atoms with van der Waals surface area (Å²) in [5.74, 6) is -1.65. The molecular formula is C29H24N4O5. The lowest BCUT2D eigenvalue weighted by Gasteiger charge is -2.29. The molecule has 3 unspecified atom stereocenters. The average Bonchev–Trinajstić information content (AvgIpc) is 3.60. The van der Waals surface area contributed by atoms with Gasteiger partial charge in [-0.2, -0.15) is 5.10 Å². The molecule has 0 N–H and O–H groups in total. The highest BCUT2D eigenvalue weighted by atomic mass is 16.7. The van der Waals surface area contributed by atoms with E-state index < -0.39 is 24.0 Å². The number of anilines is 2. The molecule has 2 aliphatic heterocycles. The highest BCUT2D eigenvalue weighted by Gasteiger charge is 2.60. The second kappa shape index (κ2) is 9.28. The van der Waals surface area contributed by atoms with Gasteiger partial charge < -0.3 is 4.74 Å². The van der Waals surface area contributed by atoms with Gasteiger partial charge >= 0.3 is 5.97 Å². The monoisotopic (exact) mass is 508 g/mol. The Hall–Kier alpha value is -4.76. The number of aromatic nitrogens is 2. The highest BCUT2D eigenvalue weighted by Crippen LogP contribution is 2.48. The molecule has 2 fully saturated rings. The number of benzene rings is 3. The van der Waals surface area contributed by atoms with Gasteiger partial charge in [0.25, 0.3) is 5.91 Å². The molecule has 4 aromatic rings. The first-order chi connectivity index (χ1) is 18.4. The van der Waals surface area contributed by atoms with Crippen LogP contribution in [0.15, 0.2) is 91.1 Å². The number of carbonyl (C=O) groups excluding carboxylic acids is 3. The molecule has 3 aromatic carbocycles. The van der Waals surface area contributed by atoms with Gasteiger partial charge in [0.15, 0.2) is 6.10 Å². The highest BCUT2D eigenvalue weighted by molar-refractivity contribution is 6.24. The number of esters is 1. The van der Waals surface area contributed by atoms with Gasteiger partial charge in [0.05, 0.1) is 17.4 Å². The van der Waals surface area contributed by atoms with Crippen molar-refractivity contribution in [1.82, 2.24) is 9.78 Å². The fourth-order valence-corrected chi connectivity index (χ4v) is 5.07. The van der Waals surface area contributed by atoms with Crippen LogP contribution in [0.2, 0.25) is 0 Å². The maximum Gasteiger partial charge on any atom is 0.361 e. The third kappa shape index (κ3) is 3.84. The van der Waals surface area contributed by atoms with E-state index in [4.69, 9.17) is 9.57 Å². The number of imide groups is 1. The van der Waals surface area contributed by atoms with Gasteiger partial charge in [0.2, 0.25) is 5.91 Å². The number of carbonyl (C=O) groups is 3. The van der Waals surface area contributed by atoms with Crippen LogP contribution in [0, 0.1) is 12.8 Å². The summed E-state index contributed by atoms with van der Waals surface area (Å²) in [4.78, 5) is 47.3. The molecule has 9 nitrogen and oxygen atoms in total. The smallest absolute Gasteiger partial charge is 0.361 e. The largest absolute Gasteiger partial charge is 0.422 e. The van der Waals surface area contributed by atoms with Crippen LogP contribution in [-0.2, 0) is 21.5 Å². The van der Waals surface area contributed by atoms with Crippen LogP contribution < -0.4 is 14.7 Å². The van der Waals surface area contributed by atoms with Gasteiger partial charge in [-0.1, -0.05) is 48.5 Å². The first-order valence-corrected chi connectivity index (χ1v) is 12.2. The van der Waals surface area contributed by atoms with Crippen LogP contribution in [0.1, 0.15) is 27.7 Å². The number of para-hydroxylation sites is 2. The average molecular weight is 509 g/mol. The molecule has 0 spiro atoms. The van der Waals surface area contributed by atoms with E-state index in [9.17, 15) is 14.4 Å². The summed E-state index contributed by atoms with van der Waals surface area (Å²) in [6.45, 7) is 1.87. The summed E-state index contributed by atoms with van der Waals surface area (Å²) >= 11 is 0. The fraction of sp³-hybridized carbons (Fsp3) is 0.172. The van der Waals surface area contributed by atoms with Crippen molar-refractivity contribution in [1.29, 1.82) is 0 Å². The molecule has 6 rings (SSSR count). The zero-order valence-corrected chi connectivity index (χ0v) is 20.7. The number of ether oxygens (including phenoxy) is 1. The molecule has 2 saturated heterocycles. The van der Waals surface area contributed by atoms with Crippen molar-refractivity contribution in [2.45, 2.75) is 19.1 Å². The quantitative estimate of drug-likeness (QED) is 0.229. The Morgan fingerprint density at radius 1 is 0.895 bits per heavy atom. The molecule has 190 valence electrons. The van der Waals surface area contributed by atoms with Crippen LogP contribution in [-0.4, -0.2) is 33.7 Å². The van der Waals surface area contributed by atoms with Gasteiger partial charge in [0.1, 0.15) is 17.4 Å². The van der Waals surface area contributed by atoms with Gasteiger partial charge in [-0.15, -0.1) is 0 Å². The van der Waals surface area contributed by atoms with E-state index in [2.05, 4.69) is 5.10 Å². The summed E-state index contributed by atoms with van der Waals surface area (Å²) in [5, 5.41) is 5.63.